The summed E-state index contributed by atoms with van der Waals surface area (Å²) < 4.78 is 0. The van der Waals surface area contributed by atoms with E-state index in [0.29, 0.717) is 0 Å². The standard InChI is InChI=1S/C2H7NSi2/c1-4-5(2)3/h3H,1-2H3. The van der Waals surface area contributed by atoms with Crippen molar-refractivity contribution in [1.82, 2.24) is 0 Å². The van der Waals surface area contributed by atoms with E-state index in [2.05, 4.69) is 6.55 Å². The molecule has 0 heterocycles. The molecule has 0 amide bonds. The van der Waals surface area contributed by atoms with Gasteiger partial charge in [0.25, 0.3) is 0 Å². The molecule has 0 aromatic rings. The highest BCUT2D eigenvalue weighted by atomic mass is 29.2. The van der Waals surface area contributed by atoms with Crippen LogP contribution in [0.1, 0.15) is 0 Å². The molecule has 0 unspecified atom stereocenters. The summed E-state index contributed by atoms with van der Waals surface area (Å²) in [6.07, 6.45) is 0. The van der Waals surface area contributed by atoms with E-state index in [-0.39, 0.29) is 0 Å². The Morgan fingerprint density at radius 3 is 2.00 bits per heavy atom. The van der Waals surface area contributed by atoms with Crippen molar-refractivity contribution in [2.75, 3.05) is 0 Å². The van der Waals surface area contributed by atoms with Gasteiger partial charge >= 0.3 is 0 Å². The predicted molar refractivity (Wildman–Crippen MR) is 26.0 cm³/mol. The van der Waals surface area contributed by atoms with Gasteiger partial charge in [0.1, 0.15) is 0 Å². The Morgan fingerprint density at radius 2 is 2.00 bits per heavy atom. The van der Waals surface area contributed by atoms with Crippen LogP contribution in [0.2, 0.25) is 13.1 Å². The van der Waals surface area contributed by atoms with Crippen LogP contribution >= 0.6 is 0 Å². The van der Waals surface area contributed by atoms with Crippen LogP contribution in [0, 0.1) is 5.05 Å². The molecule has 2 radical (unpaired) electrons. The number of nitrogens with one attached hydrogen (secondary N) is 1. The Morgan fingerprint density at radius 1 is 1.80 bits per heavy atom. The molecule has 3 heteroatoms. The van der Waals surface area contributed by atoms with Gasteiger partial charge in [-0.1, -0.05) is 6.55 Å². The van der Waals surface area contributed by atoms with Crippen LogP contribution < -0.4 is 0 Å². The number of hydrogen-bond acceptors (Lipinski definition) is 1. The van der Waals surface area contributed by atoms with Crippen molar-refractivity contribution in [3.8, 4) is 0 Å². The second-order valence-corrected chi connectivity index (χ2v) is 6.38. The molecule has 1 nitrogen and oxygen atoms in total. The lowest BCUT2D eigenvalue weighted by Gasteiger charge is -1.72. The van der Waals surface area contributed by atoms with Crippen molar-refractivity contribution in [2.24, 2.45) is 0 Å². The maximum atomic E-state index is 6.94. The molecule has 0 saturated heterocycles. The van der Waals surface area contributed by atoms with Gasteiger partial charge in [-0.25, -0.2) is 0 Å². The minimum Gasteiger partial charge on any atom is -0.356 e. The van der Waals surface area contributed by atoms with Gasteiger partial charge in [0, 0.05) is 0 Å². The highest BCUT2D eigenvalue weighted by Gasteiger charge is 1.76. The Labute approximate surface area is 36.1 Å². The number of hydrogen-bond donors (Lipinski definition) is 1. The molecule has 0 atom stereocenters. The molecule has 0 aromatic heterocycles. The largest absolute Gasteiger partial charge is 0.356 e. The van der Waals surface area contributed by atoms with E-state index in [9.17, 15) is 0 Å². The minimum absolute atomic E-state index is 0.596. The summed E-state index contributed by atoms with van der Waals surface area (Å²) >= 11 is 0. The highest BCUT2D eigenvalue weighted by molar-refractivity contribution is 7.03. The van der Waals surface area contributed by atoms with Gasteiger partial charge in [-0.3, -0.25) is 0 Å². The fourth-order valence-corrected chi connectivity index (χ4v) is 0. The zero-order valence-electron chi connectivity index (χ0n) is 3.50. The van der Waals surface area contributed by atoms with Crippen molar-refractivity contribution < 1.29 is 0 Å². The van der Waals surface area contributed by atoms with Gasteiger partial charge in [-0.05, 0) is 6.55 Å². The average molecular weight is 101 g/mol. The Kier molecular flexibility index (Phi) is 2.59. The van der Waals surface area contributed by atoms with Gasteiger partial charge in [0.15, 0.2) is 0 Å². The lowest BCUT2D eigenvalue weighted by atomic mass is 11.9. The molecular formula is C2H7NSi2. The maximum absolute atomic E-state index is 6.94. The van der Waals surface area contributed by atoms with Crippen molar-refractivity contribution in [3.05, 3.63) is 0 Å². The molecule has 0 saturated carbocycles. The van der Waals surface area contributed by atoms with Crippen LogP contribution in [-0.4, -0.2) is 17.1 Å². The topological polar surface area (TPSA) is 23.9 Å². The molecule has 0 fully saturated rings. The fraction of sp³-hybridized carbons (Fsp3) is 1.00. The van der Waals surface area contributed by atoms with Gasteiger partial charge in [-0.15, -0.1) is 0 Å². The van der Waals surface area contributed by atoms with Crippen molar-refractivity contribution in [2.45, 2.75) is 13.1 Å². The molecule has 28 valence electrons. The third-order valence-electron chi connectivity index (χ3n) is 0.375. The minimum atomic E-state index is -0.596. The van der Waals surface area contributed by atoms with Crippen LogP contribution in [-0.2, 0) is 0 Å². The zero-order chi connectivity index (χ0) is 4.28. The summed E-state index contributed by atoms with van der Waals surface area (Å²) in [6, 6.07) is 0. The van der Waals surface area contributed by atoms with E-state index in [1.807, 2.05) is 6.55 Å². The Balaban J connectivity index is 2.85. The van der Waals surface area contributed by atoms with Crippen LogP contribution in [0.25, 0.3) is 0 Å². The fourth-order valence-electron chi connectivity index (χ4n) is 0. The van der Waals surface area contributed by atoms with E-state index < -0.39 is 8.11 Å². The van der Waals surface area contributed by atoms with Crippen molar-refractivity contribution in [3.63, 3.8) is 0 Å². The van der Waals surface area contributed by atoms with Crippen LogP contribution in [0.3, 0.4) is 0 Å². The normalized spacial score (nSPS) is 7.60. The van der Waals surface area contributed by atoms with E-state index in [1.54, 1.807) is 0 Å². The van der Waals surface area contributed by atoms with E-state index in [1.165, 1.54) is 0 Å². The first kappa shape index (κ1) is 5.23. The molecule has 0 rings (SSSR count). The van der Waals surface area contributed by atoms with Gasteiger partial charge in [0.2, 0.25) is 0 Å². The van der Waals surface area contributed by atoms with Crippen molar-refractivity contribution >= 4 is 17.1 Å². The average Bonchev–Trinajstić information content (AvgIpc) is 1.38. The monoisotopic (exact) mass is 101 g/mol. The van der Waals surface area contributed by atoms with E-state index >= 15 is 0 Å². The maximum Gasteiger partial charge on any atom is 0.0934 e. The van der Waals surface area contributed by atoms with Gasteiger partial charge in [-0.2, -0.15) is 0 Å². The molecule has 5 heavy (non-hydrogen) atoms. The summed E-state index contributed by atoms with van der Waals surface area (Å²) in [5.74, 6) is 0. The van der Waals surface area contributed by atoms with Gasteiger partial charge < -0.3 is 5.05 Å². The molecule has 0 bridgehead atoms. The summed E-state index contributed by atoms with van der Waals surface area (Å²) in [7, 11) is 0.287. The summed E-state index contributed by atoms with van der Waals surface area (Å²) in [5.41, 5.74) is 0. The van der Waals surface area contributed by atoms with Crippen LogP contribution in [0.5, 0.6) is 0 Å². The Hall–Kier alpha value is 0.234. The second-order valence-electron chi connectivity index (χ2n) is 0.875. The summed E-state index contributed by atoms with van der Waals surface area (Å²) in [6.45, 7) is 4.09. The second kappa shape index (κ2) is 2.47. The third kappa shape index (κ3) is 4.23. The van der Waals surface area contributed by atoms with Gasteiger partial charge in [0.05, 0.1) is 17.1 Å². The molecule has 1 N–H and O–H groups in total. The molecular weight excluding hydrogens is 94.2 g/mol. The molecule has 0 aromatic carbocycles. The van der Waals surface area contributed by atoms with Crippen LogP contribution in [0.4, 0.5) is 0 Å². The molecule has 0 aliphatic heterocycles. The quantitative estimate of drug-likeness (QED) is 0.470. The molecule has 0 aliphatic carbocycles. The van der Waals surface area contributed by atoms with Crippen molar-refractivity contribution in [1.29, 1.82) is 5.05 Å². The SMILES string of the molecule is C[Si][Si](C)=N. The summed E-state index contributed by atoms with van der Waals surface area (Å²) in [5, 5.41) is 6.94. The first-order valence-electron chi connectivity index (χ1n) is 1.50. The first-order valence-corrected chi connectivity index (χ1v) is 6.00. The van der Waals surface area contributed by atoms with E-state index in [0.717, 1.165) is 9.04 Å². The van der Waals surface area contributed by atoms with E-state index in [4.69, 9.17) is 5.05 Å². The zero-order valence-corrected chi connectivity index (χ0v) is 5.50. The smallest absolute Gasteiger partial charge is 0.0934 e. The third-order valence-corrected chi connectivity index (χ3v) is 3.38. The summed E-state index contributed by atoms with van der Waals surface area (Å²) in [4.78, 5) is 0. The lowest BCUT2D eigenvalue weighted by molar-refractivity contribution is 1.59. The lowest BCUT2D eigenvalue weighted by Crippen LogP contribution is -1.97. The first-order chi connectivity index (χ1) is 2.27. The van der Waals surface area contributed by atoms with Crippen LogP contribution in [0.15, 0.2) is 0 Å². The molecule has 0 aliphatic rings. The Bertz CT molecular complexity index is 42.9. The number of rotatable bonds is 1. The predicted octanol–water partition coefficient (Wildman–Crippen LogP) is 0.704. The highest BCUT2D eigenvalue weighted by Crippen LogP contribution is 1.55. The molecule has 0 spiro atoms.